The maximum Gasteiger partial charge on any atom is 0.205 e. The number of methoxy groups -OCH3 is 1. The first-order chi connectivity index (χ1) is 10.2. The van der Waals surface area contributed by atoms with Gasteiger partial charge in [0.25, 0.3) is 0 Å². The maximum atomic E-state index is 13.8. The Balaban J connectivity index is 2.28. The van der Waals surface area contributed by atoms with E-state index in [4.69, 9.17) is 15.3 Å². The zero-order valence-corrected chi connectivity index (χ0v) is 11.7. The van der Waals surface area contributed by atoms with Gasteiger partial charge in [-0.25, -0.2) is 20.2 Å². The van der Waals surface area contributed by atoms with Crippen LogP contribution < -0.4 is 26.1 Å². The van der Waals surface area contributed by atoms with Crippen LogP contribution in [-0.4, -0.2) is 23.7 Å². The largest absolute Gasteiger partial charge is 0.491 e. The molecule has 0 spiro atoms. The Morgan fingerprint density at radius 1 is 1.29 bits per heavy atom. The van der Waals surface area contributed by atoms with Gasteiger partial charge in [0.1, 0.15) is 6.33 Å². The normalized spacial score (nSPS) is 10.1. The van der Waals surface area contributed by atoms with E-state index in [2.05, 4.69) is 20.7 Å². The maximum absolute atomic E-state index is 13.8. The van der Waals surface area contributed by atoms with Gasteiger partial charge in [0.15, 0.2) is 23.2 Å². The van der Waals surface area contributed by atoms with Crippen LogP contribution in [0.25, 0.3) is 0 Å². The van der Waals surface area contributed by atoms with Crippen LogP contribution in [0.3, 0.4) is 0 Å². The fraction of sp³-hybridized carbons (Fsp3) is 0.231. The second-order valence-corrected chi connectivity index (χ2v) is 3.95. The molecular weight excluding hydrogens is 277 g/mol. The predicted octanol–water partition coefficient (Wildman–Crippen LogP) is 2.05. The number of benzene rings is 1. The minimum absolute atomic E-state index is 0.196. The number of hydrogen-bond donors (Lipinski definition) is 3. The van der Waals surface area contributed by atoms with E-state index >= 15 is 0 Å². The molecule has 1 aromatic carbocycles. The van der Waals surface area contributed by atoms with Gasteiger partial charge in [0.05, 0.1) is 13.7 Å². The van der Waals surface area contributed by atoms with Crippen molar-refractivity contribution in [1.29, 1.82) is 0 Å². The number of nitrogens with one attached hydrogen (secondary N) is 2. The molecule has 0 aliphatic carbocycles. The van der Waals surface area contributed by atoms with Crippen LogP contribution >= 0.6 is 0 Å². The summed E-state index contributed by atoms with van der Waals surface area (Å²) in [7, 11) is 1.46. The van der Waals surface area contributed by atoms with Gasteiger partial charge in [-0.15, -0.1) is 0 Å². The van der Waals surface area contributed by atoms with Gasteiger partial charge in [0, 0.05) is 11.8 Å². The molecule has 0 bridgehead atoms. The summed E-state index contributed by atoms with van der Waals surface area (Å²) in [5.41, 5.74) is 2.90. The Morgan fingerprint density at radius 2 is 2.05 bits per heavy atom. The molecule has 0 amide bonds. The summed E-state index contributed by atoms with van der Waals surface area (Å²) < 4.78 is 24.1. The summed E-state index contributed by atoms with van der Waals surface area (Å²) >= 11 is 0. The summed E-state index contributed by atoms with van der Waals surface area (Å²) in [5, 5.41) is 2.94. The number of halogens is 1. The number of aromatic nitrogens is 2. The number of hydrazine groups is 1. The van der Waals surface area contributed by atoms with Crippen LogP contribution in [-0.2, 0) is 0 Å². The topological polar surface area (TPSA) is 94.3 Å². The molecule has 0 atom stereocenters. The van der Waals surface area contributed by atoms with Crippen molar-refractivity contribution < 1.29 is 13.9 Å². The minimum atomic E-state index is -0.466. The van der Waals surface area contributed by atoms with Crippen molar-refractivity contribution in [3.05, 3.63) is 30.3 Å². The van der Waals surface area contributed by atoms with Gasteiger partial charge in [-0.05, 0) is 19.1 Å². The Kier molecular flexibility index (Phi) is 4.72. The average molecular weight is 293 g/mol. The van der Waals surface area contributed by atoms with E-state index in [1.807, 2.05) is 0 Å². The van der Waals surface area contributed by atoms with E-state index in [0.717, 1.165) is 0 Å². The summed E-state index contributed by atoms with van der Waals surface area (Å²) in [4.78, 5) is 7.97. The standard InChI is InChI=1S/C13H16FN5O2/c1-3-21-10-5-4-8(6-9(10)14)18-12-11(20-2)13(19-15)17-7-16-12/h4-7H,3,15H2,1-2H3,(H2,16,17,18,19). The SMILES string of the molecule is CCOc1ccc(Nc2ncnc(NN)c2OC)cc1F. The van der Waals surface area contributed by atoms with Crippen molar-refractivity contribution >= 4 is 17.3 Å². The highest BCUT2D eigenvalue weighted by atomic mass is 19.1. The Hall–Kier alpha value is -2.61. The monoisotopic (exact) mass is 293 g/mol. The molecule has 0 radical (unpaired) electrons. The number of nitrogens with zero attached hydrogens (tertiary/aromatic N) is 2. The van der Waals surface area contributed by atoms with Crippen LogP contribution in [0.1, 0.15) is 6.92 Å². The van der Waals surface area contributed by atoms with Crippen molar-refractivity contribution in [2.45, 2.75) is 6.92 Å². The number of ether oxygens (including phenoxy) is 2. The van der Waals surface area contributed by atoms with E-state index in [9.17, 15) is 4.39 Å². The molecule has 0 unspecified atom stereocenters. The second-order valence-electron chi connectivity index (χ2n) is 3.95. The van der Waals surface area contributed by atoms with Gasteiger partial charge < -0.3 is 20.2 Å². The zero-order chi connectivity index (χ0) is 15.2. The lowest BCUT2D eigenvalue weighted by molar-refractivity contribution is 0.321. The predicted molar refractivity (Wildman–Crippen MR) is 77.2 cm³/mol. The van der Waals surface area contributed by atoms with Crippen LogP contribution in [0.5, 0.6) is 11.5 Å². The van der Waals surface area contributed by atoms with E-state index < -0.39 is 5.82 Å². The van der Waals surface area contributed by atoms with Crippen molar-refractivity contribution in [3.8, 4) is 11.5 Å². The molecule has 0 aliphatic rings. The first-order valence-electron chi connectivity index (χ1n) is 6.24. The van der Waals surface area contributed by atoms with E-state index in [-0.39, 0.29) is 5.75 Å². The average Bonchev–Trinajstić information content (AvgIpc) is 2.50. The lowest BCUT2D eigenvalue weighted by Crippen LogP contribution is -2.11. The molecule has 1 aromatic heterocycles. The van der Waals surface area contributed by atoms with E-state index in [1.54, 1.807) is 13.0 Å². The fourth-order valence-electron chi connectivity index (χ4n) is 1.75. The molecule has 7 nitrogen and oxygen atoms in total. The second kappa shape index (κ2) is 6.71. The van der Waals surface area contributed by atoms with Crippen LogP contribution in [0, 0.1) is 5.82 Å². The van der Waals surface area contributed by atoms with Crippen molar-refractivity contribution in [3.63, 3.8) is 0 Å². The van der Waals surface area contributed by atoms with E-state index in [0.29, 0.717) is 29.7 Å². The molecule has 1 heterocycles. The Morgan fingerprint density at radius 3 is 2.67 bits per heavy atom. The summed E-state index contributed by atoms with van der Waals surface area (Å²) in [6.07, 6.45) is 1.31. The van der Waals surface area contributed by atoms with Gasteiger partial charge >= 0.3 is 0 Å². The zero-order valence-electron chi connectivity index (χ0n) is 11.7. The highest BCUT2D eigenvalue weighted by Crippen LogP contribution is 2.31. The molecule has 2 aromatic rings. The molecule has 0 aliphatic heterocycles. The van der Waals surface area contributed by atoms with Gasteiger partial charge in [-0.2, -0.15) is 0 Å². The van der Waals surface area contributed by atoms with Crippen molar-refractivity contribution in [2.75, 3.05) is 24.5 Å². The number of nitrogens with two attached hydrogens (primary N) is 1. The highest BCUT2D eigenvalue weighted by molar-refractivity contribution is 5.69. The number of nitrogen functional groups attached to an aromatic ring is 1. The van der Waals surface area contributed by atoms with Crippen LogP contribution in [0.2, 0.25) is 0 Å². The third kappa shape index (κ3) is 3.29. The molecule has 21 heavy (non-hydrogen) atoms. The lowest BCUT2D eigenvalue weighted by Gasteiger charge is -2.13. The Bertz CT molecular complexity index is 624. The fourth-order valence-corrected chi connectivity index (χ4v) is 1.75. The molecule has 4 N–H and O–H groups in total. The highest BCUT2D eigenvalue weighted by Gasteiger charge is 2.12. The van der Waals surface area contributed by atoms with Crippen molar-refractivity contribution in [1.82, 2.24) is 9.97 Å². The molecule has 112 valence electrons. The van der Waals surface area contributed by atoms with Gasteiger partial charge in [-0.3, -0.25) is 0 Å². The summed E-state index contributed by atoms with van der Waals surface area (Å²) in [6, 6.07) is 4.52. The Labute approximate surface area is 121 Å². The first-order valence-corrected chi connectivity index (χ1v) is 6.24. The number of anilines is 3. The lowest BCUT2D eigenvalue weighted by atomic mass is 10.3. The summed E-state index contributed by atoms with van der Waals surface area (Å²) in [6.45, 7) is 2.19. The van der Waals surface area contributed by atoms with Gasteiger partial charge in [0.2, 0.25) is 5.75 Å². The number of hydrogen-bond acceptors (Lipinski definition) is 7. The molecular formula is C13H16FN5O2. The summed E-state index contributed by atoms with van der Waals surface area (Å²) in [5.74, 6) is 6.09. The molecule has 2 rings (SSSR count). The number of rotatable bonds is 6. The molecule has 0 saturated carbocycles. The smallest absolute Gasteiger partial charge is 0.205 e. The van der Waals surface area contributed by atoms with E-state index in [1.165, 1.54) is 25.6 Å². The molecule has 0 saturated heterocycles. The van der Waals surface area contributed by atoms with Gasteiger partial charge in [-0.1, -0.05) is 0 Å². The van der Waals surface area contributed by atoms with Crippen LogP contribution in [0.4, 0.5) is 21.7 Å². The minimum Gasteiger partial charge on any atom is -0.491 e. The molecule has 8 heteroatoms. The van der Waals surface area contributed by atoms with Crippen molar-refractivity contribution in [2.24, 2.45) is 5.84 Å². The first kappa shape index (κ1) is 14.8. The quantitative estimate of drug-likeness (QED) is 0.554. The van der Waals surface area contributed by atoms with Crippen LogP contribution in [0.15, 0.2) is 24.5 Å². The molecule has 0 fully saturated rings. The third-order valence-electron chi connectivity index (χ3n) is 2.64. The third-order valence-corrected chi connectivity index (χ3v) is 2.64.